The number of carbonyl (C=O) groups is 2. The molecular formula is C20H21N5O4S2. The molecule has 31 heavy (non-hydrogen) atoms. The molecule has 1 N–H and O–H groups in total. The first-order valence-electron chi connectivity index (χ1n) is 9.78. The Balaban J connectivity index is 1.47. The lowest BCUT2D eigenvalue weighted by atomic mass is 10.1. The summed E-state index contributed by atoms with van der Waals surface area (Å²) in [5.74, 6) is 0.0729. The fraction of sp³-hybridized carbons (Fsp3) is 0.350. The highest BCUT2D eigenvalue weighted by atomic mass is 32.2. The SMILES string of the molecule is CCOC(=O)c1c(NC(=O)CSc2nnnn2-c2ccccc2OC)sc2c1CCC2. The van der Waals surface area contributed by atoms with E-state index < -0.39 is 0 Å². The van der Waals surface area contributed by atoms with Crippen LogP contribution in [0.4, 0.5) is 5.00 Å². The number of carbonyl (C=O) groups excluding carboxylic acids is 2. The molecule has 0 fully saturated rings. The summed E-state index contributed by atoms with van der Waals surface area (Å²) >= 11 is 2.65. The second kappa shape index (κ2) is 9.48. The van der Waals surface area contributed by atoms with Gasteiger partial charge in [0.2, 0.25) is 11.1 Å². The smallest absolute Gasteiger partial charge is 0.341 e. The zero-order valence-electron chi connectivity index (χ0n) is 17.1. The number of anilines is 1. The number of amides is 1. The Labute approximate surface area is 187 Å². The first-order chi connectivity index (χ1) is 15.1. The summed E-state index contributed by atoms with van der Waals surface area (Å²) in [4.78, 5) is 26.3. The number of fused-ring (bicyclic) bond motifs is 1. The molecule has 0 saturated carbocycles. The van der Waals surface area contributed by atoms with Crippen LogP contribution >= 0.6 is 23.1 Å². The minimum absolute atomic E-state index is 0.0837. The molecule has 1 aliphatic carbocycles. The lowest BCUT2D eigenvalue weighted by molar-refractivity contribution is -0.113. The molecule has 162 valence electrons. The van der Waals surface area contributed by atoms with E-state index in [9.17, 15) is 9.59 Å². The van der Waals surface area contributed by atoms with Gasteiger partial charge in [-0.1, -0.05) is 23.9 Å². The minimum Gasteiger partial charge on any atom is -0.494 e. The number of para-hydroxylation sites is 2. The van der Waals surface area contributed by atoms with Gasteiger partial charge in [0.15, 0.2) is 0 Å². The highest BCUT2D eigenvalue weighted by Crippen LogP contribution is 2.39. The van der Waals surface area contributed by atoms with Crippen LogP contribution in [0.1, 0.15) is 34.1 Å². The number of methoxy groups -OCH3 is 1. The average molecular weight is 460 g/mol. The molecule has 2 aromatic heterocycles. The fourth-order valence-electron chi connectivity index (χ4n) is 3.43. The summed E-state index contributed by atoms with van der Waals surface area (Å²) in [5, 5.41) is 15.6. The van der Waals surface area contributed by atoms with Crippen molar-refractivity contribution in [1.29, 1.82) is 0 Å². The third kappa shape index (κ3) is 4.42. The molecule has 0 radical (unpaired) electrons. The van der Waals surface area contributed by atoms with E-state index in [2.05, 4.69) is 20.8 Å². The summed E-state index contributed by atoms with van der Waals surface area (Å²) in [7, 11) is 1.57. The van der Waals surface area contributed by atoms with Crippen LogP contribution in [-0.4, -0.2) is 51.6 Å². The van der Waals surface area contributed by atoms with Gasteiger partial charge in [-0.05, 0) is 54.3 Å². The highest BCUT2D eigenvalue weighted by molar-refractivity contribution is 7.99. The Morgan fingerprint density at radius 3 is 2.94 bits per heavy atom. The van der Waals surface area contributed by atoms with Gasteiger partial charge >= 0.3 is 5.97 Å². The van der Waals surface area contributed by atoms with Crippen molar-refractivity contribution in [2.24, 2.45) is 0 Å². The summed E-state index contributed by atoms with van der Waals surface area (Å²) in [6.07, 6.45) is 2.77. The van der Waals surface area contributed by atoms with Gasteiger partial charge < -0.3 is 14.8 Å². The number of nitrogens with one attached hydrogen (secondary N) is 1. The van der Waals surface area contributed by atoms with Gasteiger partial charge in [-0.2, -0.15) is 4.68 Å². The molecule has 2 heterocycles. The maximum Gasteiger partial charge on any atom is 0.341 e. The number of aromatic nitrogens is 4. The third-order valence-corrected chi connectivity index (χ3v) is 6.87. The van der Waals surface area contributed by atoms with Gasteiger partial charge in [0, 0.05) is 4.88 Å². The van der Waals surface area contributed by atoms with Crippen LogP contribution in [-0.2, 0) is 22.4 Å². The van der Waals surface area contributed by atoms with Crippen molar-refractivity contribution in [3.8, 4) is 11.4 Å². The van der Waals surface area contributed by atoms with Gasteiger partial charge in [-0.25, -0.2) is 4.79 Å². The Morgan fingerprint density at radius 1 is 1.29 bits per heavy atom. The largest absolute Gasteiger partial charge is 0.494 e. The van der Waals surface area contributed by atoms with E-state index in [0.29, 0.717) is 27.2 Å². The van der Waals surface area contributed by atoms with E-state index in [1.54, 1.807) is 14.0 Å². The lowest BCUT2D eigenvalue weighted by Gasteiger charge is -2.09. The molecule has 0 atom stereocenters. The molecule has 0 aliphatic heterocycles. The van der Waals surface area contributed by atoms with Crippen LogP contribution in [0.15, 0.2) is 29.4 Å². The van der Waals surface area contributed by atoms with Gasteiger partial charge in [0.25, 0.3) is 0 Å². The predicted molar refractivity (Wildman–Crippen MR) is 117 cm³/mol. The van der Waals surface area contributed by atoms with Crippen molar-refractivity contribution in [3.63, 3.8) is 0 Å². The fourth-order valence-corrected chi connectivity index (χ4v) is 5.41. The molecule has 4 rings (SSSR count). The molecule has 11 heteroatoms. The van der Waals surface area contributed by atoms with Crippen LogP contribution in [0.25, 0.3) is 5.69 Å². The Morgan fingerprint density at radius 2 is 2.13 bits per heavy atom. The quantitative estimate of drug-likeness (QED) is 0.404. The van der Waals surface area contributed by atoms with Crippen molar-refractivity contribution in [2.45, 2.75) is 31.3 Å². The Hall–Kier alpha value is -2.92. The second-order valence-corrected chi connectivity index (χ2v) is 8.71. The van der Waals surface area contributed by atoms with Crippen LogP contribution in [0, 0.1) is 0 Å². The highest BCUT2D eigenvalue weighted by Gasteiger charge is 2.28. The van der Waals surface area contributed by atoms with Gasteiger partial charge in [0.05, 0.1) is 25.0 Å². The van der Waals surface area contributed by atoms with E-state index in [-0.39, 0.29) is 24.2 Å². The van der Waals surface area contributed by atoms with Crippen molar-refractivity contribution < 1.29 is 19.1 Å². The maximum atomic E-state index is 12.7. The van der Waals surface area contributed by atoms with Gasteiger partial charge in [-0.15, -0.1) is 16.4 Å². The van der Waals surface area contributed by atoms with Crippen LogP contribution in [0.2, 0.25) is 0 Å². The number of thioether (sulfide) groups is 1. The van der Waals surface area contributed by atoms with Crippen molar-refractivity contribution in [3.05, 3.63) is 40.3 Å². The molecule has 0 bridgehead atoms. The topological polar surface area (TPSA) is 108 Å². The summed E-state index contributed by atoms with van der Waals surface area (Å²) in [6, 6.07) is 7.35. The Kier molecular flexibility index (Phi) is 6.52. The number of tetrazole rings is 1. The number of hydrogen-bond donors (Lipinski definition) is 1. The predicted octanol–water partition coefficient (Wildman–Crippen LogP) is 3.13. The van der Waals surface area contributed by atoms with E-state index >= 15 is 0 Å². The first kappa shape index (κ1) is 21.3. The molecule has 0 spiro atoms. The number of aryl methyl sites for hydroxylation is 1. The van der Waals surface area contributed by atoms with Crippen LogP contribution in [0.3, 0.4) is 0 Å². The molecular weight excluding hydrogens is 438 g/mol. The van der Waals surface area contributed by atoms with Crippen molar-refractivity contribution >= 4 is 40.0 Å². The van der Waals surface area contributed by atoms with E-state index in [0.717, 1.165) is 29.7 Å². The molecule has 0 saturated heterocycles. The van der Waals surface area contributed by atoms with Crippen molar-refractivity contribution in [2.75, 3.05) is 24.8 Å². The molecule has 3 aromatic rings. The number of ether oxygens (including phenoxy) is 2. The molecule has 1 amide bonds. The van der Waals surface area contributed by atoms with Gasteiger partial charge in [0.1, 0.15) is 16.4 Å². The first-order valence-corrected chi connectivity index (χ1v) is 11.6. The van der Waals surface area contributed by atoms with Crippen molar-refractivity contribution in [1.82, 2.24) is 20.2 Å². The van der Waals surface area contributed by atoms with Crippen LogP contribution in [0.5, 0.6) is 5.75 Å². The van der Waals surface area contributed by atoms with Crippen LogP contribution < -0.4 is 10.1 Å². The summed E-state index contributed by atoms with van der Waals surface area (Å²) in [6.45, 7) is 2.06. The van der Waals surface area contributed by atoms with E-state index in [1.807, 2.05) is 24.3 Å². The molecule has 1 aromatic carbocycles. The average Bonchev–Trinajstić information content (AvgIpc) is 3.48. The normalized spacial score (nSPS) is 12.5. The monoisotopic (exact) mass is 459 g/mol. The Bertz CT molecular complexity index is 1110. The number of hydrogen-bond acceptors (Lipinski definition) is 9. The molecule has 9 nitrogen and oxygen atoms in total. The number of esters is 1. The number of nitrogens with zero attached hydrogens (tertiary/aromatic N) is 4. The third-order valence-electron chi connectivity index (χ3n) is 4.74. The standard InChI is InChI=1S/C20H21N5O4S2/c1-3-29-19(27)17-12-7-6-10-15(12)31-18(17)21-16(26)11-30-20-22-23-24-25(20)13-8-4-5-9-14(13)28-2/h4-5,8-9H,3,6-7,10-11H2,1-2H3,(H,21,26). The van der Waals surface area contributed by atoms with E-state index in [1.165, 1.54) is 27.8 Å². The zero-order chi connectivity index (χ0) is 21.8. The number of rotatable bonds is 8. The minimum atomic E-state index is -0.384. The second-order valence-electron chi connectivity index (χ2n) is 6.66. The summed E-state index contributed by atoms with van der Waals surface area (Å²) < 4.78 is 12.1. The number of benzene rings is 1. The van der Waals surface area contributed by atoms with Gasteiger partial charge in [-0.3, -0.25) is 4.79 Å². The number of thiophene rings is 1. The lowest BCUT2D eigenvalue weighted by Crippen LogP contribution is -2.17. The molecule has 0 unspecified atom stereocenters. The maximum absolute atomic E-state index is 12.7. The zero-order valence-corrected chi connectivity index (χ0v) is 18.7. The molecule has 1 aliphatic rings. The summed E-state index contributed by atoms with van der Waals surface area (Å²) in [5.41, 5.74) is 2.18. The van der Waals surface area contributed by atoms with E-state index in [4.69, 9.17) is 9.47 Å².